The molecule has 0 aliphatic carbocycles. The Bertz CT molecular complexity index is 1440. The van der Waals surface area contributed by atoms with Crippen LogP contribution in [0.3, 0.4) is 0 Å². The summed E-state index contributed by atoms with van der Waals surface area (Å²) in [6.07, 6.45) is 1.35. The summed E-state index contributed by atoms with van der Waals surface area (Å²) in [7, 11) is 4.75. The van der Waals surface area contributed by atoms with E-state index in [9.17, 15) is 9.90 Å². The fourth-order valence-electron chi connectivity index (χ4n) is 3.82. The third kappa shape index (κ3) is 4.78. The van der Waals surface area contributed by atoms with Crippen molar-refractivity contribution < 1.29 is 28.8 Å². The molecule has 0 fully saturated rings. The Balaban J connectivity index is 1.80. The first-order valence-corrected chi connectivity index (χ1v) is 11.0. The zero-order chi connectivity index (χ0) is 25.8. The maximum atomic E-state index is 11.8. The van der Waals surface area contributed by atoms with Crippen molar-refractivity contribution in [2.45, 2.75) is 20.4 Å². The zero-order valence-corrected chi connectivity index (χ0v) is 20.6. The van der Waals surface area contributed by atoms with Crippen molar-refractivity contribution >= 4 is 22.7 Å². The summed E-state index contributed by atoms with van der Waals surface area (Å²) in [4.78, 5) is 24.7. The maximum Gasteiger partial charge on any atom is 0.354 e. The van der Waals surface area contributed by atoms with Crippen molar-refractivity contribution in [2.24, 2.45) is 0 Å². The van der Waals surface area contributed by atoms with Gasteiger partial charge >= 0.3 is 5.97 Å². The van der Waals surface area contributed by atoms with E-state index in [4.69, 9.17) is 18.9 Å². The number of aromatic nitrogens is 3. The number of ether oxygens (including phenoxy) is 4. The van der Waals surface area contributed by atoms with E-state index >= 15 is 0 Å². The van der Waals surface area contributed by atoms with Gasteiger partial charge in [0.1, 0.15) is 40.5 Å². The highest BCUT2D eigenvalue weighted by Gasteiger charge is 2.20. The number of fused-ring (bicyclic) bond motifs is 1. The summed E-state index contributed by atoms with van der Waals surface area (Å²) < 4.78 is 22.4. The highest BCUT2D eigenvalue weighted by Crippen LogP contribution is 2.38. The smallest absolute Gasteiger partial charge is 0.354 e. The Hall–Kier alpha value is -4.60. The molecule has 10 nitrogen and oxygen atoms in total. The van der Waals surface area contributed by atoms with Crippen LogP contribution in [0.4, 0.5) is 5.82 Å². The number of rotatable bonds is 9. The van der Waals surface area contributed by atoms with Crippen LogP contribution >= 0.6 is 0 Å². The first-order chi connectivity index (χ1) is 17.4. The molecule has 2 aromatic carbocycles. The number of benzene rings is 2. The highest BCUT2D eigenvalue weighted by atomic mass is 16.5. The molecule has 0 aliphatic heterocycles. The average molecular weight is 491 g/mol. The Kier molecular flexibility index (Phi) is 7.05. The molecule has 2 aromatic heterocycles. The average Bonchev–Trinajstić information content (AvgIpc) is 2.89. The fraction of sp³-hybridized carbons (Fsp3) is 0.231. The summed E-state index contributed by atoms with van der Waals surface area (Å²) in [5.74, 6) is 1.76. The minimum Gasteiger partial charge on any atom is -0.497 e. The van der Waals surface area contributed by atoms with Gasteiger partial charge in [0.2, 0.25) is 5.88 Å². The van der Waals surface area contributed by atoms with Gasteiger partial charge in [0, 0.05) is 23.7 Å². The molecule has 10 heteroatoms. The lowest BCUT2D eigenvalue weighted by Crippen LogP contribution is -2.08. The second-order valence-corrected chi connectivity index (χ2v) is 7.91. The normalized spacial score (nSPS) is 10.7. The number of aryl methyl sites for hydroxylation is 1. The van der Waals surface area contributed by atoms with Gasteiger partial charge in [-0.05, 0) is 43.7 Å². The summed E-state index contributed by atoms with van der Waals surface area (Å²) >= 11 is 0. The lowest BCUT2D eigenvalue weighted by atomic mass is 10.1. The van der Waals surface area contributed by atoms with Crippen LogP contribution in [0, 0.1) is 13.8 Å². The van der Waals surface area contributed by atoms with Gasteiger partial charge in [-0.25, -0.2) is 19.7 Å². The molecule has 0 bridgehead atoms. The van der Waals surface area contributed by atoms with Crippen molar-refractivity contribution in [3.05, 3.63) is 65.1 Å². The first kappa shape index (κ1) is 24.5. The first-order valence-electron chi connectivity index (χ1n) is 11.0. The molecule has 2 heterocycles. The second-order valence-electron chi connectivity index (χ2n) is 7.91. The lowest BCUT2D eigenvalue weighted by Gasteiger charge is -2.17. The molecule has 36 heavy (non-hydrogen) atoms. The van der Waals surface area contributed by atoms with Crippen LogP contribution in [0.25, 0.3) is 10.9 Å². The largest absolute Gasteiger partial charge is 0.497 e. The van der Waals surface area contributed by atoms with Gasteiger partial charge in [0.05, 0.1) is 26.8 Å². The summed E-state index contributed by atoms with van der Waals surface area (Å²) in [5.41, 5.74) is 2.62. The van der Waals surface area contributed by atoms with E-state index in [0.717, 1.165) is 16.7 Å². The van der Waals surface area contributed by atoms with E-state index in [1.807, 2.05) is 38.1 Å². The number of carbonyl (C=O) groups is 1. The van der Waals surface area contributed by atoms with Crippen molar-refractivity contribution in [1.29, 1.82) is 0 Å². The van der Waals surface area contributed by atoms with E-state index in [-0.39, 0.29) is 11.6 Å². The Morgan fingerprint density at radius 2 is 1.75 bits per heavy atom. The van der Waals surface area contributed by atoms with E-state index in [0.29, 0.717) is 46.3 Å². The maximum absolute atomic E-state index is 11.8. The molecule has 186 valence electrons. The molecule has 0 atom stereocenters. The van der Waals surface area contributed by atoms with Gasteiger partial charge < -0.3 is 29.4 Å². The second kappa shape index (κ2) is 10.3. The molecular formula is C26H26N4O6. The number of hydrogen-bond donors (Lipinski definition) is 2. The molecular weight excluding hydrogens is 464 g/mol. The van der Waals surface area contributed by atoms with Crippen molar-refractivity contribution in [2.75, 3.05) is 26.6 Å². The number of nitrogens with zero attached hydrogens (tertiary/aromatic N) is 3. The van der Waals surface area contributed by atoms with Crippen molar-refractivity contribution in [1.82, 2.24) is 15.0 Å². The third-order valence-corrected chi connectivity index (χ3v) is 5.72. The molecule has 0 saturated heterocycles. The zero-order valence-electron chi connectivity index (χ0n) is 20.6. The van der Waals surface area contributed by atoms with E-state index < -0.39 is 5.97 Å². The molecule has 4 aromatic rings. The third-order valence-electron chi connectivity index (χ3n) is 5.72. The number of carboxylic acid groups (broad SMARTS) is 1. The molecule has 0 amide bonds. The Morgan fingerprint density at radius 1 is 0.972 bits per heavy atom. The van der Waals surface area contributed by atoms with Crippen LogP contribution in [0.1, 0.15) is 27.2 Å². The molecule has 0 radical (unpaired) electrons. The van der Waals surface area contributed by atoms with Crippen LogP contribution in [-0.2, 0) is 6.54 Å². The van der Waals surface area contributed by atoms with E-state index in [2.05, 4.69) is 20.3 Å². The van der Waals surface area contributed by atoms with Gasteiger partial charge in [0.25, 0.3) is 0 Å². The number of anilines is 1. The van der Waals surface area contributed by atoms with Crippen LogP contribution < -0.4 is 24.3 Å². The fourth-order valence-corrected chi connectivity index (χ4v) is 3.82. The van der Waals surface area contributed by atoms with Crippen LogP contribution in [0.15, 0.2) is 42.7 Å². The van der Waals surface area contributed by atoms with Crippen molar-refractivity contribution in [3.8, 4) is 28.9 Å². The summed E-state index contributed by atoms with van der Waals surface area (Å²) in [5, 5.41) is 13.3. The van der Waals surface area contributed by atoms with Crippen molar-refractivity contribution in [3.63, 3.8) is 0 Å². The molecule has 0 unspecified atom stereocenters. The van der Waals surface area contributed by atoms with Gasteiger partial charge in [0.15, 0.2) is 5.69 Å². The predicted molar refractivity (Wildman–Crippen MR) is 134 cm³/mol. The summed E-state index contributed by atoms with van der Waals surface area (Å²) in [6.45, 7) is 4.10. The summed E-state index contributed by atoms with van der Waals surface area (Å²) in [6, 6.07) is 10.6. The number of hydrogen-bond acceptors (Lipinski definition) is 9. The molecule has 4 rings (SSSR count). The SMILES string of the molecule is COc1ccc(CNc2ncnc3cc(C(=O)O)nc(Oc4c(C)ccc(OC)c4C)c23)c(OC)c1. The van der Waals surface area contributed by atoms with E-state index in [1.165, 1.54) is 12.4 Å². The molecule has 0 aliphatic rings. The number of methoxy groups -OCH3 is 3. The van der Waals surface area contributed by atoms with Gasteiger partial charge in [-0.3, -0.25) is 0 Å². The number of pyridine rings is 1. The van der Waals surface area contributed by atoms with Crippen LogP contribution in [0.2, 0.25) is 0 Å². The van der Waals surface area contributed by atoms with Gasteiger partial charge in [-0.1, -0.05) is 6.07 Å². The Morgan fingerprint density at radius 3 is 2.44 bits per heavy atom. The number of carboxylic acids is 1. The molecule has 0 spiro atoms. The van der Waals surface area contributed by atoms with Gasteiger partial charge in [-0.2, -0.15) is 0 Å². The molecule has 2 N–H and O–H groups in total. The standard InChI is InChI=1S/C26H26N4O6/c1-14-6-9-20(34-4)15(2)23(14)36-25-22-18(11-19(30-25)26(31)32)28-13-29-24(22)27-12-16-7-8-17(33-3)10-21(16)35-5/h6-11,13H,12H2,1-5H3,(H,31,32)(H,27,28,29). The number of aromatic carboxylic acids is 1. The van der Waals surface area contributed by atoms with Crippen LogP contribution in [-0.4, -0.2) is 47.4 Å². The van der Waals surface area contributed by atoms with E-state index in [1.54, 1.807) is 27.4 Å². The van der Waals surface area contributed by atoms with Crippen LogP contribution in [0.5, 0.6) is 28.9 Å². The van der Waals surface area contributed by atoms with Gasteiger partial charge in [-0.15, -0.1) is 0 Å². The minimum absolute atomic E-state index is 0.0640. The molecule has 0 saturated carbocycles. The highest BCUT2D eigenvalue weighted by molar-refractivity contribution is 5.98. The minimum atomic E-state index is -1.20. The monoisotopic (exact) mass is 490 g/mol. The quantitative estimate of drug-likeness (QED) is 0.339. The predicted octanol–water partition coefficient (Wildman–Crippen LogP) is 4.77. The topological polar surface area (TPSA) is 125 Å². The Labute approximate surface area is 207 Å². The lowest BCUT2D eigenvalue weighted by molar-refractivity contribution is 0.0690. The number of nitrogens with one attached hydrogen (secondary N) is 1.